The van der Waals surface area contributed by atoms with Crippen molar-refractivity contribution in [3.05, 3.63) is 24.3 Å². The Morgan fingerprint density at radius 3 is 2.50 bits per heavy atom. The molecule has 2 amide bonds. The number of hydrogen-bond donors (Lipinski definition) is 3. The molecule has 0 aliphatic heterocycles. The first-order chi connectivity index (χ1) is 10.7. The summed E-state index contributed by atoms with van der Waals surface area (Å²) in [6.07, 6.45) is 0.750. The predicted octanol–water partition coefficient (Wildman–Crippen LogP) is 0.920. The SMILES string of the molecule is COCCCOc1ccccc1NC(=O)N(CCO)CCO. The number of methoxy groups -OCH3 is 1. The molecule has 0 fully saturated rings. The molecule has 0 unspecified atom stereocenters. The van der Waals surface area contributed by atoms with E-state index in [1.165, 1.54) is 4.90 Å². The number of ether oxygens (including phenoxy) is 2. The molecule has 0 heterocycles. The molecule has 0 aliphatic rings. The highest BCUT2D eigenvalue weighted by atomic mass is 16.5. The summed E-state index contributed by atoms with van der Waals surface area (Å²) in [5.41, 5.74) is 0.547. The number of benzene rings is 1. The summed E-state index contributed by atoms with van der Waals surface area (Å²) in [7, 11) is 1.63. The number of carbonyl (C=O) groups excluding carboxylic acids is 1. The monoisotopic (exact) mass is 312 g/mol. The van der Waals surface area contributed by atoms with Gasteiger partial charge in [-0.15, -0.1) is 0 Å². The Balaban J connectivity index is 2.64. The number of anilines is 1. The van der Waals surface area contributed by atoms with E-state index in [9.17, 15) is 4.79 Å². The number of nitrogens with one attached hydrogen (secondary N) is 1. The topological polar surface area (TPSA) is 91.3 Å². The third kappa shape index (κ3) is 6.30. The molecule has 7 heteroatoms. The molecule has 3 N–H and O–H groups in total. The van der Waals surface area contributed by atoms with E-state index in [2.05, 4.69) is 5.32 Å². The van der Waals surface area contributed by atoms with Crippen LogP contribution < -0.4 is 10.1 Å². The van der Waals surface area contributed by atoms with Crippen molar-refractivity contribution in [3.8, 4) is 5.75 Å². The van der Waals surface area contributed by atoms with Crippen molar-refractivity contribution >= 4 is 11.7 Å². The van der Waals surface area contributed by atoms with Crippen molar-refractivity contribution in [1.82, 2.24) is 4.90 Å². The van der Waals surface area contributed by atoms with Gasteiger partial charge in [-0.2, -0.15) is 0 Å². The number of hydrogen-bond acceptors (Lipinski definition) is 5. The molecule has 0 aliphatic carbocycles. The Morgan fingerprint density at radius 2 is 1.86 bits per heavy atom. The van der Waals surface area contributed by atoms with Gasteiger partial charge in [0.1, 0.15) is 5.75 Å². The van der Waals surface area contributed by atoms with Crippen molar-refractivity contribution in [2.24, 2.45) is 0 Å². The van der Waals surface area contributed by atoms with Gasteiger partial charge in [-0.05, 0) is 12.1 Å². The van der Waals surface area contributed by atoms with Crippen LogP contribution in [0.5, 0.6) is 5.75 Å². The average Bonchev–Trinajstić information content (AvgIpc) is 2.52. The fraction of sp³-hybridized carbons (Fsp3) is 0.533. The highest BCUT2D eigenvalue weighted by molar-refractivity contribution is 5.91. The third-order valence-corrected chi connectivity index (χ3v) is 2.91. The minimum atomic E-state index is -0.393. The zero-order valence-corrected chi connectivity index (χ0v) is 12.8. The van der Waals surface area contributed by atoms with Crippen LogP contribution in [0.15, 0.2) is 24.3 Å². The quantitative estimate of drug-likeness (QED) is 0.559. The molecule has 124 valence electrons. The molecule has 1 aromatic carbocycles. The van der Waals surface area contributed by atoms with E-state index in [1.807, 2.05) is 6.07 Å². The molecule has 0 atom stereocenters. The van der Waals surface area contributed by atoms with Crippen LogP contribution in [-0.4, -0.2) is 67.8 Å². The fourth-order valence-electron chi connectivity index (χ4n) is 1.83. The second kappa shape index (κ2) is 10.8. The van der Waals surface area contributed by atoms with Crippen LogP contribution in [0.2, 0.25) is 0 Å². The Morgan fingerprint density at radius 1 is 1.18 bits per heavy atom. The smallest absolute Gasteiger partial charge is 0.322 e. The van der Waals surface area contributed by atoms with Crippen LogP contribution in [0.4, 0.5) is 10.5 Å². The molecule has 1 rings (SSSR count). The van der Waals surface area contributed by atoms with Gasteiger partial charge >= 0.3 is 6.03 Å². The van der Waals surface area contributed by atoms with E-state index in [-0.39, 0.29) is 26.3 Å². The molecule has 22 heavy (non-hydrogen) atoms. The number of aliphatic hydroxyl groups excluding tert-OH is 2. The third-order valence-electron chi connectivity index (χ3n) is 2.91. The summed E-state index contributed by atoms with van der Waals surface area (Å²) in [6.45, 7) is 1.07. The van der Waals surface area contributed by atoms with E-state index in [1.54, 1.807) is 25.3 Å². The van der Waals surface area contributed by atoms with Gasteiger partial charge in [0.25, 0.3) is 0 Å². The minimum Gasteiger partial charge on any atom is -0.491 e. The highest BCUT2D eigenvalue weighted by Crippen LogP contribution is 2.24. The first kappa shape index (κ1) is 18.2. The lowest BCUT2D eigenvalue weighted by molar-refractivity contribution is 0.167. The second-order valence-corrected chi connectivity index (χ2v) is 4.56. The summed E-state index contributed by atoms with van der Waals surface area (Å²) in [6, 6.07) is 6.72. The fourth-order valence-corrected chi connectivity index (χ4v) is 1.83. The number of nitrogens with zero attached hydrogens (tertiary/aromatic N) is 1. The van der Waals surface area contributed by atoms with Gasteiger partial charge in [-0.25, -0.2) is 4.79 Å². The number of rotatable bonds is 10. The van der Waals surface area contributed by atoms with Gasteiger partial charge in [0.05, 0.1) is 25.5 Å². The normalized spacial score (nSPS) is 10.3. The van der Waals surface area contributed by atoms with E-state index >= 15 is 0 Å². The van der Waals surface area contributed by atoms with Crippen molar-refractivity contribution < 1.29 is 24.5 Å². The average molecular weight is 312 g/mol. The van der Waals surface area contributed by atoms with E-state index < -0.39 is 6.03 Å². The Kier molecular flexibility index (Phi) is 8.97. The minimum absolute atomic E-state index is 0.156. The van der Waals surface area contributed by atoms with Crippen LogP contribution in [0, 0.1) is 0 Å². The first-order valence-electron chi connectivity index (χ1n) is 7.21. The molecule has 0 saturated heterocycles. The van der Waals surface area contributed by atoms with Crippen molar-refractivity contribution in [3.63, 3.8) is 0 Å². The van der Waals surface area contributed by atoms with Gasteiger partial charge in [-0.3, -0.25) is 0 Å². The lowest BCUT2D eigenvalue weighted by atomic mass is 10.3. The summed E-state index contributed by atoms with van der Waals surface area (Å²) in [5.74, 6) is 0.569. The summed E-state index contributed by atoms with van der Waals surface area (Å²) < 4.78 is 10.6. The van der Waals surface area contributed by atoms with E-state index in [0.717, 1.165) is 6.42 Å². The van der Waals surface area contributed by atoms with E-state index in [4.69, 9.17) is 19.7 Å². The van der Waals surface area contributed by atoms with Crippen LogP contribution in [0.25, 0.3) is 0 Å². The molecular weight excluding hydrogens is 288 g/mol. The molecular formula is C15H24N2O5. The number of amides is 2. The largest absolute Gasteiger partial charge is 0.491 e. The molecule has 1 aromatic rings. The van der Waals surface area contributed by atoms with Gasteiger partial charge in [0, 0.05) is 33.2 Å². The Hall–Kier alpha value is -1.83. The number of para-hydroxylation sites is 2. The lowest BCUT2D eigenvalue weighted by Gasteiger charge is -2.22. The molecule has 0 spiro atoms. The maximum Gasteiger partial charge on any atom is 0.322 e. The number of aliphatic hydroxyl groups is 2. The summed E-state index contributed by atoms with van der Waals surface area (Å²) in [5, 5.41) is 20.6. The van der Waals surface area contributed by atoms with Crippen LogP contribution in [0.1, 0.15) is 6.42 Å². The molecule has 0 saturated carbocycles. The second-order valence-electron chi connectivity index (χ2n) is 4.56. The zero-order valence-electron chi connectivity index (χ0n) is 12.8. The Labute approximate surface area is 130 Å². The standard InChI is InChI=1S/C15H24N2O5/c1-21-11-4-12-22-14-6-3-2-5-13(14)16-15(20)17(7-9-18)8-10-19/h2-3,5-6,18-19H,4,7-12H2,1H3,(H,16,20). The van der Waals surface area contributed by atoms with Crippen LogP contribution in [0.3, 0.4) is 0 Å². The molecule has 0 radical (unpaired) electrons. The van der Waals surface area contributed by atoms with Crippen molar-refractivity contribution in [1.29, 1.82) is 0 Å². The molecule has 0 aromatic heterocycles. The van der Waals surface area contributed by atoms with Crippen molar-refractivity contribution in [2.45, 2.75) is 6.42 Å². The predicted molar refractivity (Wildman–Crippen MR) is 83.2 cm³/mol. The number of urea groups is 1. The first-order valence-corrected chi connectivity index (χ1v) is 7.21. The highest BCUT2D eigenvalue weighted by Gasteiger charge is 2.14. The maximum atomic E-state index is 12.1. The summed E-state index contributed by atoms with van der Waals surface area (Å²) >= 11 is 0. The van der Waals surface area contributed by atoms with E-state index in [0.29, 0.717) is 24.7 Å². The van der Waals surface area contributed by atoms with Crippen molar-refractivity contribution in [2.75, 3.05) is 51.9 Å². The molecule has 0 bridgehead atoms. The van der Waals surface area contributed by atoms with Crippen LogP contribution in [-0.2, 0) is 4.74 Å². The summed E-state index contributed by atoms with van der Waals surface area (Å²) in [4.78, 5) is 13.5. The zero-order chi connectivity index (χ0) is 16.2. The maximum absolute atomic E-state index is 12.1. The van der Waals surface area contributed by atoms with Crippen LogP contribution >= 0.6 is 0 Å². The van der Waals surface area contributed by atoms with Gasteiger partial charge < -0.3 is 29.9 Å². The van der Waals surface area contributed by atoms with Gasteiger partial charge in [0.2, 0.25) is 0 Å². The Bertz CT molecular complexity index is 436. The number of carbonyl (C=O) groups is 1. The molecule has 7 nitrogen and oxygen atoms in total. The lowest BCUT2D eigenvalue weighted by Crippen LogP contribution is -2.39. The van der Waals surface area contributed by atoms with Gasteiger partial charge in [0.15, 0.2) is 0 Å². The van der Waals surface area contributed by atoms with Gasteiger partial charge in [-0.1, -0.05) is 12.1 Å².